The predicted molar refractivity (Wildman–Crippen MR) is 118 cm³/mol. The molecule has 0 aromatic heterocycles. The van der Waals surface area contributed by atoms with E-state index >= 15 is 0 Å². The lowest BCUT2D eigenvalue weighted by Crippen LogP contribution is -2.34. The molecule has 0 bridgehead atoms. The van der Waals surface area contributed by atoms with E-state index in [9.17, 15) is 4.79 Å². The molecule has 3 rings (SSSR count). The Morgan fingerprint density at radius 3 is 2.89 bits per heavy atom. The second-order valence-electron chi connectivity index (χ2n) is 6.91. The Morgan fingerprint density at radius 2 is 2.07 bits per heavy atom. The monoisotopic (exact) mass is 397 g/mol. The van der Waals surface area contributed by atoms with Crippen molar-refractivity contribution in [2.75, 3.05) is 29.9 Å². The van der Waals surface area contributed by atoms with Crippen molar-refractivity contribution in [3.8, 4) is 0 Å². The second kappa shape index (κ2) is 9.55. The van der Waals surface area contributed by atoms with E-state index in [1.54, 1.807) is 19.1 Å². The third-order valence-corrected chi connectivity index (χ3v) is 5.09. The van der Waals surface area contributed by atoms with Crippen molar-refractivity contribution >= 4 is 34.7 Å². The van der Waals surface area contributed by atoms with Crippen molar-refractivity contribution in [2.45, 2.75) is 32.7 Å². The van der Waals surface area contributed by atoms with Gasteiger partial charge in [-0.3, -0.25) is 0 Å². The first kappa shape index (κ1) is 20.1. The number of anilines is 2. The summed E-state index contributed by atoms with van der Waals surface area (Å²) < 4.78 is 5.03. The molecule has 0 amide bonds. The molecule has 6 heteroatoms. The lowest BCUT2D eigenvalue weighted by atomic mass is 10.1. The van der Waals surface area contributed by atoms with Gasteiger partial charge in [-0.2, -0.15) is 0 Å². The van der Waals surface area contributed by atoms with E-state index in [0.717, 1.165) is 31.6 Å². The van der Waals surface area contributed by atoms with E-state index < -0.39 is 0 Å². The average Bonchev–Trinajstić information content (AvgIpc) is 3.01. The largest absolute Gasteiger partial charge is 0.462 e. The van der Waals surface area contributed by atoms with Crippen LogP contribution >= 0.6 is 12.2 Å². The number of thiocarbonyl (C=S) groups is 1. The number of para-hydroxylation sites is 1. The highest BCUT2D eigenvalue weighted by Gasteiger charge is 2.24. The van der Waals surface area contributed by atoms with Crippen LogP contribution in [0.1, 0.15) is 36.2 Å². The Bertz CT molecular complexity index is 840. The number of nitrogens with one attached hydrogen (secondary N) is 2. The van der Waals surface area contributed by atoms with E-state index in [1.807, 2.05) is 12.1 Å². The molecule has 1 aliphatic heterocycles. The fourth-order valence-electron chi connectivity index (χ4n) is 3.54. The quantitative estimate of drug-likeness (QED) is 0.419. The minimum atomic E-state index is -0.329. The lowest BCUT2D eigenvalue weighted by molar-refractivity contribution is 0.0526. The molecule has 0 radical (unpaired) electrons. The molecular weight excluding hydrogens is 370 g/mol. The van der Waals surface area contributed by atoms with Crippen molar-refractivity contribution < 1.29 is 9.53 Å². The van der Waals surface area contributed by atoms with Gasteiger partial charge in [0.1, 0.15) is 0 Å². The topological polar surface area (TPSA) is 53.6 Å². The second-order valence-corrected chi connectivity index (χ2v) is 7.32. The molecule has 2 aromatic carbocycles. The van der Waals surface area contributed by atoms with Crippen LogP contribution in [0.4, 0.5) is 11.4 Å². The molecule has 1 heterocycles. The van der Waals surface area contributed by atoms with Crippen LogP contribution in [-0.4, -0.2) is 36.8 Å². The summed E-state index contributed by atoms with van der Waals surface area (Å²) in [4.78, 5) is 14.3. The zero-order chi connectivity index (χ0) is 19.9. The van der Waals surface area contributed by atoms with Gasteiger partial charge in [-0.1, -0.05) is 24.3 Å². The van der Waals surface area contributed by atoms with Crippen LogP contribution in [0.25, 0.3) is 0 Å². The molecule has 1 aliphatic rings. The fourth-order valence-corrected chi connectivity index (χ4v) is 3.76. The minimum Gasteiger partial charge on any atom is -0.462 e. The Kier molecular flexibility index (Phi) is 6.87. The third kappa shape index (κ3) is 5.01. The zero-order valence-corrected chi connectivity index (χ0v) is 17.2. The Balaban J connectivity index is 1.44. The summed E-state index contributed by atoms with van der Waals surface area (Å²) in [5.41, 5.74) is 4.06. The van der Waals surface area contributed by atoms with Crippen LogP contribution in [0.5, 0.6) is 0 Å². The molecule has 28 heavy (non-hydrogen) atoms. The van der Waals surface area contributed by atoms with E-state index in [-0.39, 0.29) is 5.97 Å². The number of nitrogens with zero attached hydrogens (tertiary/aromatic N) is 1. The van der Waals surface area contributed by atoms with Crippen molar-refractivity contribution in [1.29, 1.82) is 0 Å². The maximum atomic E-state index is 11.8. The van der Waals surface area contributed by atoms with Crippen LogP contribution in [0.3, 0.4) is 0 Å². The molecule has 0 saturated carbocycles. The van der Waals surface area contributed by atoms with Gasteiger partial charge in [0.25, 0.3) is 0 Å². The summed E-state index contributed by atoms with van der Waals surface area (Å²) in [5.74, 6) is -0.329. The van der Waals surface area contributed by atoms with Crippen molar-refractivity contribution in [1.82, 2.24) is 5.32 Å². The molecule has 0 aliphatic carbocycles. The molecule has 0 fully saturated rings. The standard InChI is InChI=1S/C22H27N3O2S/c1-3-27-21(26)18-9-6-10-19(15-18)24-22(28)23-12-7-13-25-16(2)14-17-8-4-5-11-20(17)25/h4-6,8-11,15-16H,3,7,12-14H2,1-2H3,(H2,23,24,28). The van der Waals surface area contributed by atoms with Gasteiger partial charge in [0.05, 0.1) is 12.2 Å². The highest BCUT2D eigenvalue weighted by atomic mass is 32.1. The highest BCUT2D eigenvalue weighted by molar-refractivity contribution is 7.80. The minimum absolute atomic E-state index is 0.329. The normalized spacial score (nSPS) is 15.1. The van der Waals surface area contributed by atoms with Crippen LogP contribution in [0, 0.1) is 0 Å². The molecule has 5 nitrogen and oxygen atoms in total. The van der Waals surface area contributed by atoms with Gasteiger partial charge in [0.15, 0.2) is 5.11 Å². The molecule has 1 unspecified atom stereocenters. The van der Waals surface area contributed by atoms with E-state index in [1.165, 1.54) is 11.3 Å². The summed E-state index contributed by atoms with van der Waals surface area (Å²) in [6.45, 7) is 6.20. The number of benzene rings is 2. The molecule has 1 atom stereocenters. The van der Waals surface area contributed by atoms with E-state index in [2.05, 4.69) is 46.7 Å². The van der Waals surface area contributed by atoms with Crippen molar-refractivity contribution in [3.63, 3.8) is 0 Å². The summed E-state index contributed by atoms with van der Waals surface area (Å²) in [5, 5.41) is 6.93. The molecule has 0 spiro atoms. The zero-order valence-electron chi connectivity index (χ0n) is 16.4. The van der Waals surface area contributed by atoms with Gasteiger partial charge in [-0.25, -0.2) is 4.79 Å². The molecular formula is C22H27N3O2S. The summed E-state index contributed by atoms with van der Waals surface area (Å²) in [6, 6.07) is 16.3. The molecule has 2 aromatic rings. The van der Waals surface area contributed by atoms with Crippen molar-refractivity contribution in [2.24, 2.45) is 0 Å². The number of ether oxygens (including phenoxy) is 1. The molecule has 148 valence electrons. The van der Waals surface area contributed by atoms with Gasteiger partial charge in [-0.15, -0.1) is 0 Å². The predicted octanol–water partition coefficient (Wildman–Crippen LogP) is 3.99. The molecule has 0 saturated heterocycles. The number of hydrogen-bond donors (Lipinski definition) is 2. The summed E-state index contributed by atoms with van der Waals surface area (Å²) >= 11 is 5.38. The number of hydrogen-bond acceptors (Lipinski definition) is 4. The Morgan fingerprint density at radius 1 is 1.25 bits per heavy atom. The van der Waals surface area contributed by atoms with E-state index in [4.69, 9.17) is 17.0 Å². The Labute approximate surface area is 172 Å². The number of rotatable bonds is 7. The number of fused-ring (bicyclic) bond motifs is 1. The first-order valence-electron chi connectivity index (χ1n) is 9.75. The van der Waals surface area contributed by atoms with Gasteiger partial charge in [0, 0.05) is 30.5 Å². The van der Waals surface area contributed by atoms with E-state index in [0.29, 0.717) is 23.3 Å². The highest BCUT2D eigenvalue weighted by Crippen LogP contribution is 2.31. The van der Waals surface area contributed by atoms with Crippen LogP contribution < -0.4 is 15.5 Å². The summed E-state index contributed by atoms with van der Waals surface area (Å²) in [6.07, 6.45) is 2.10. The Hall–Kier alpha value is -2.60. The van der Waals surface area contributed by atoms with Crippen LogP contribution in [-0.2, 0) is 11.2 Å². The van der Waals surface area contributed by atoms with Crippen LogP contribution in [0.2, 0.25) is 0 Å². The number of carbonyl (C=O) groups is 1. The average molecular weight is 398 g/mol. The van der Waals surface area contributed by atoms with Gasteiger partial charge in [-0.05, 0) is 68.7 Å². The molecule has 2 N–H and O–H groups in total. The third-order valence-electron chi connectivity index (χ3n) is 4.84. The smallest absolute Gasteiger partial charge is 0.338 e. The number of carbonyl (C=O) groups excluding carboxylic acids is 1. The number of esters is 1. The summed E-state index contributed by atoms with van der Waals surface area (Å²) in [7, 11) is 0. The first-order chi connectivity index (χ1) is 13.6. The maximum absolute atomic E-state index is 11.8. The van der Waals surface area contributed by atoms with Gasteiger partial charge >= 0.3 is 5.97 Å². The fraction of sp³-hybridized carbons (Fsp3) is 0.364. The van der Waals surface area contributed by atoms with Gasteiger partial charge < -0.3 is 20.3 Å². The van der Waals surface area contributed by atoms with Crippen molar-refractivity contribution in [3.05, 3.63) is 59.7 Å². The first-order valence-corrected chi connectivity index (χ1v) is 10.2. The van der Waals surface area contributed by atoms with Gasteiger partial charge in [0.2, 0.25) is 0 Å². The lowest BCUT2D eigenvalue weighted by Gasteiger charge is -2.25. The SMILES string of the molecule is CCOC(=O)c1cccc(NC(=S)NCCCN2c3ccccc3CC2C)c1. The van der Waals surface area contributed by atoms with Crippen LogP contribution in [0.15, 0.2) is 48.5 Å². The maximum Gasteiger partial charge on any atom is 0.338 e.